The molecular formula is C36H47F3N8O2. The van der Waals surface area contributed by atoms with E-state index in [-0.39, 0.29) is 17.2 Å². The first-order valence-electron chi connectivity index (χ1n) is 17.3. The normalized spacial score (nSPS) is 22.8. The Balaban J connectivity index is 1.18. The van der Waals surface area contributed by atoms with Gasteiger partial charge in [-0.05, 0) is 80.7 Å². The van der Waals surface area contributed by atoms with Gasteiger partial charge < -0.3 is 31.3 Å². The molecule has 3 aliphatic rings. The molecule has 5 N–H and O–H groups in total. The largest absolute Gasteiger partial charge is 0.494 e. The fraction of sp³-hybridized carbons (Fsp3) is 0.528. The van der Waals surface area contributed by atoms with Gasteiger partial charge in [-0.1, -0.05) is 25.0 Å². The minimum absolute atomic E-state index is 0.0605. The van der Waals surface area contributed by atoms with Gasteiger partial charge in [0.05, 0.1) is 24.0 Å². The van der Waals surface area contributed by atoms with E-state index >= 15 is 0 Å². The maximum Gasteiger partial charge on any atom is 0.421 e. The van der Waals surface area contributed by atoms with E-state index in [1.54, 1.807) is 26.2 Å². The predicted molar refractivity (Wildman–Crippen MR) is 186 cm³/mol. The summed E-state index contributed by atoms with van der Waals surface area (Å²) >= 11 is 0. The maximum atomic E-state index is 14.1. The number of halogens is 3. The molecule has 1 aliphatic heterocycles. The van der Waals surface area contributed by atoms with Crippen molar-refractivity contribution in [3.8, 4) is 5.75 Å². The number of ether oxygens (including phenoxy) is 1. The number of nitrogens with zero attached hydrogens (tertiary/aromatic N) is 4. The minimum Gasteiger partial charge on any atom is -0.494 e. The van der Waals surface area contributed by atoms with Crippen LogP contribution in [0.3, 0.4) is 0 Å². The third kappa shape index (κ3) is 7.57. The monoisotopic (exact) mass is 680 g/mol. The van der Waals surface area contributed by atoms with Crippen LogP contribution in [0.5, 0.6) is 5.75 Å². The number of methoxy groups -OCH3 is 1. The Bertz CT molecular complexity index is 1630. The number of alkyl halides is 3. The lowest BCUT2D eigenvalue weighted by molar-refractivity contribution is -0.137. The summed E-state index contributed by atoms with van der Waals surface area (Å²) in [5, 5.41) is 8.33. The smallest absolute Gasteiger partial charge is 0.421 e. The van der Waals surface area contributed by atoms with Crippen molar-refractivity contribution in [1.82, 2.24) is 20.2 Å². The number of piperazine rings is 1. The van der Waals surface area contributed by atoms with Gasteiger partial charge >= 0.3 is 6.18 Å². The topological polar surface area (TPSA) is 121 Å². The molecule has 49 heavy (non-hydrogen) atoms. The van der Waals surface area contributed by atoms with E-state index in [0.717, 1.165) is 62.9 Å². The van der Waals surface area contributed by atoms with Crippen LogP contribution in [-0.4, -0.2) is 73.7 Å². The van der Waals surface area contributed by atoms with E-state index in [4.69, 9.17) is 10.5 Å². The summed E-state index contributed by atoms with van der Waals surface area (Å²) in [5.74, 6) is 1.87. The van der Waals surface area contributed by atoms with Crippen LogP contribution in [0.1, 0.15) is 60.0 Å². The first-order valence-corrected chi connectivity index (χ1v) is 17.3. The summed E-state index contributed by atoms with van der Waals surface area (Å²) in [6, 6.07) is 11.3. The number of amides is 1. The lowest BCUT2D eigenvalue weighted by Gasteiger charge is -2.52. The van der Waals surface area contributed by atoms with Gasteiger partial charge in [0.25, 0.3) is 5.91 Å². The zero-order valence-corrected chi connectivity index (χ0v) is 28.4. The van der Waals surface area contributed by atoms with Crippen LogP contribution in [0.4, 0.5) is 42.0 Å². The van der Waals surface area contributed by atoms with Crippen molar-refractivity contribution in [3.05, 3.63) is 59.3 Å². The van der Waals surface area contributed by atoms with Gasteiger partial charge in [-0.2, -0.15) is 18.2 Å². The number of carbonyl (C=O) groups excluding carboxylic acids is 1. The molecule has 2 heterocycles. The van der Waals surface area contributed by atoms with Crippen LogP contribution in [0.25, 0.3) is 0 Å². The lowest BCUT2D eigenvalue weighted by atomic mass is 9.64. The quantitative estimate of drug-likeness (QED) is 0.195. The summed E-state index contributed by atoms with van der Waals surface area (Å²) in [7, 11) is 3.01. The highest BCUT2D eigenvalue weighted by Crippen LogP contribution is 2.46. The van der Waals surface area contributed by atoms with Gasteiger partial charge in [0, 0.05) is 57.2 Å². The second-order valence-corrected chi connectivity index (χ2v) is 13.5. The van der Waals surface area contributed by atoms with E-state index in [2.05, 4.69) is 35.7 Å². The molecule has 4 unspecified atom stereocenters. The Kier molecular flexibility index (Phi) is 10.5. The van der Waals surface area contributed by atoms with Gasteiger partial charge in [-0.25, -0.2) is 4.98 Å². The number of hydrogen-bond acceptors (Lipinski definition) is 9. The number of fused-ring (bicyclic) bond motifs is 2. The van der Waals surface area contributed by atoms with Crippen LogP contribution < -0.4 is 31.3 Å². The molecule has 1 aromatic heterocycles. The number of rotatable bonds is 10. The van der Waals surface area contributed by atoms with E-state index in [1.807, 2.05) is 18.2 Å². The van der Waals surface area contributed by atoms with Crippen molar-refractivity contribution < 1.29 is 22.7 Å². The zero-order valence-electron chi connectivity index (χ0n) is 28.4. The average Bonchev–Trinajstić information content (AvgIpc) is 3.09. The second-order valence-electron chi connectivity index (χ2n) is 13.5. The summed E-state index contributed by atoms with van der Waals surface area (Å²) in [5.41, 5.74) is 7.52. The van der Waals surface area contributed by atoms with Crippen molar-refractivity contribution >= 4 is 34.7 Å². The van der Waals surface area contributed by atoms with E-state index in [9.17, 15) is 18.0 Å². The molecule has 6 rings (SSSR count). The molecule has 0 spiro atoms. The molecule has 2 aliphatic carbocycles. The molecule has 2 saturated carbocycles. The molecule has 264 valence electrons. The molecule has 1 amide bonds. The third-order valence-electron chi connectivity index (χ3n) is 10.6. The number of anilines is 5. The molecule has 2 aromatic carbocycles. The standard InChI is InChI=1S/C36H47F3N8O2/c1-22-6-4-9-27(34(48)41-2)31(22)44-33-28(36(37,38)39)21-42-35(45-33)43-29-11-10-26(20-30(29)49-3)46-14-16-47(17-15-46)32-24-8-5-7-23(18-24)19-25(32)12-13-40/h4,6,9-11,20-21,23-25,32H,5,7-8,12-19,40H2,1-3H3,(H,41,48)(H2,42,43,44,45). The van der Waals surface area contributed by atoms with Crippen LogP contribution in [0.15, 0.2) is 42.6 Å². The number of nitrogens with two attached hydrogens (primary N) is 1. The predicted octanol–water partition coefficient (Wildman–Crippen LogP) is 6.32. The van der Waals surface area contributed by atoms with Crippen molar-refractivity contribution in [1.29, 1.82) is 0 Å². The van der Waals surface area contributed by atoms with Crippen molar-refractivity contribution in [3.63, 3.8) is 0 Å². The maximum absolute atomic E-state index is 14.1. The molecule has 4 atom stereocenters. The van der Waals surface area contributed by atoms with Crippen LogP contribution in [0, 0.1) is 24.7 Å². The highest BCUT2D eigenvalue weighted by atomic mass is 19.4. The Hall–Kier alpha value is -4.10. The molecule has 1 saturated heterocycles. The summed E-state index contributed by atoms with van der Waals surface area (Å²) in [6.45, 7) is 6.23. The van der Waals surface area contributed by atoms with Crippen molar-refractivity contribution in [2.45, 2.75) is 57.7 Å². The van der Waals surface area contributed by atoms with Crippen LogP contribution >= 0.6 is 0 Å². The molecule has 3 fully saturated rings. The van der Waals surface area contributed by atoms with Crippen LogP contribution in [-0.2, 0) is 6.18 Å². The first-order chi connectivity index (χ1) is 23.6. The molecule has 10 nitrogen and oxygen atoms in total. The fourth-order valence-electron chi connectivity index (χ4n) is 8.31. The summed E-state index contributed by atoms with van der Waals surface area (Å²) in [6.07, 6.45) is 3.83. The Labute approximate surface area is 286 Å². The zero-order chi connectivity index (χ0) is 34.7. The van der Waals surface area contributed by atoms with E-state index in [1.165, 1.54) is 45.2 Å². The van der Waals surface area contributed by atoms with Gasteiger partial charge in [0.1, 0.15) is 17.1 Å². The molecule has 2 bridgehead atoms. The number of carbonyl (C=O) groups is 1. The Morgan fingerprint density at radius 2 is 1.88 bits per heavy atom. The number of para-hydroxylation sites is 1. The minimum atomic E-state index is -4.73. The summed E-state index contributed by atoms with van der Waals surface area (Å²) < 4.78 is 47.9. The van der Waals surface area contributed by atoms with E-state index in [0.29, 0.717) is 29.0 Å². The van der Waals surface area contributed by atoms with Gasteiger partial charge in [-0.15, -0.1) is 0 Å². The number of benzene rings is 2. The van der Waals surface area contributed by atoms with Crippen molar-refractivity contribution in [2.75, 3.05) is 62.4 Å². The Morgan fingerprint density at radius 3 is 2.59 bits per heavy atom. The number of hydrogen-bond donors (Lipinski definition) is 4. The average molecular weight is 681 g/mol. The number of nitrogens with one attached hydrogen (secondary N) is 3. The van der Waals surface area contributed by atoms with Crippen molar-refractivity contribution in [2.24, 2.45) is 23.5 Å². The molecule has 0 radical (unpaired) electrons. The second kappa shape index (κ2) is 14.8. The molecule has 3 aromatic rings. The highest BCUT2D eigenvalue weighted by Gasteiger charge is 2.43. The fourth-order valence-corrected chi connectivity index (χ4v) is 8.31. The summed E-state index contributed by atoms with van der Waals surface area (Å²) in [4.78, 5) is 25.8. The Morgan fingerprint density at radius 1 is 1.08 bits per heavy atom. The highest BCUT2D eigenvalue weighted by molar-refractivity contribution is 6.00. The van der Waals surface area contributed by atoms with Gasteiger partial charge in [0.2, 0.25) is 5.95 Å². The SMILES string of the molecule is CNC(=O)c1cccc(C)c1Nc1nc(Nc2ccc(N3CCN(C4C(CCN)CC5CCCC4C5)CC3)cc2OC)ncc1C(F)(F)F. The molecular weight excluding hydrogens is 633 g/mol. The van der Waals surface area contributed by atoms with Gasteiger partial charge in [0.15, 0.2) is 0 Å². The van der Waals surface area contributed by atoms with Crippen LogP contribution in [0.2, 0.25) is 0 Å². The number of aryl methyl sites for hydroxylation is 1. The van der Waals surface area contributed by atoms with E-state index < -0.39 is 23.5 Å². The number of aromatic nitrogens is 2. The third-order valence-corrected chi connectivity index (χ3v) is 10.6. The first kappa shape index (κ1) is 34.8. The van der Waals surface area contributed by atoms with Gasteiger partial charge in [-0.3, -0.25) is 9.69 Å². The lowest BCUT2D eigenvalue weighted by Crippen LogP contribution is -2.57. The molecule has 13 heteroatoms.